The minimum Gasteiger partial charge on any atom is -0.337 e. The molecule has 2 aliphatic heterocycles. The number of carbonyl (C=O) groups is 2. The molecular weight excluding hydrogens is 260 g/mol. The molecule has 100 valence electrons. The molecule has 1 atom stereocenters. The molecule has 4 nitrogen and oxygen atoms in total. The Hall–Kier alpha value is -1.49. The quantitative estimate of drug-likeness (QED) is 0.850. The van der Waals surface area contributed by atoms with Crippen LogP contribution in [0, 0.1) is 0 Å². The molecule has 0 radical (unpaired) electrons. The molecule has 0 aromatic heterocycles. The molecular formula is C14H16N2O2S. The van der Waals surface area contributed by atoms with Gasteiger partial charge in [-0.1, -0.05) is 13.0 Å². The predicted molar refractivity (Wildman–Crippen MR) is 76.6 cm³/mol. The summed E-state index contributed by atoms with van der Waals surface area (Å²) in [6.45, 7) is 3.75. The highest BCUT2D eigenvalue weighted by Crippen LogP contribution is 2.26. The van der Waals surface area contributed by atoms with Crippen molar-refractivity contribution < 1.29 is 9.59 Å². The van der Waals surface area contributed by atoms with Crippen LogP contribution in [0.25, 0.3) is 0 Å². The van der Waals surface area contributed by atoms with Gasteiger partial charge in [-0.25, -0.2) is 0 Å². The second-order valence-corrected chi connectivity index (χ2v) is 6.58. The number of anilines is 1. The van der Waals surface area contributed by atoms with E-state index in [1.165, 1.54) is 0 Å². The first-order chi connectivity index (χ1) is 9.13. The van der Waals surface area contributed by atoms with Crippen molar-refractivity contribution in [1.29, 1.82) is 0 Å². The highest BCUT2D eigenvalue weighted by molar-refractivity contribution is 7.99. The van der Waals surface area contributed by atoms with E-state index < -0.39 is 0 Å². The molecule has 0 saturated carbocycles. The van der Waals surface area contributed by atoms with Gasteiger partial charge in [0.05, 0.1) is 6.42 Å². The summed E-state index contributed by atoms with van der Waals surface area (Å²) in [5.74, 6) is 1.06. The molecule has 2 aliphatic rings. The fourth-order valence-corrected chi connectivity index (χ4v) is 3.55. The number of nitrogens with zero attached hydrogens (tertiary/aromatic N) is 1. The van der Waals surface area contributed by atoms with E-state index in [-0.39, 0.29) is 11.8 Å². The summed E-state index contributed by atoms with van der Waals surface area (Å²) in [4.78, 5) is 25.6. The van der Waals surface area contributed by atoms with Gasteiger partial charge >= 0.3 is 0 Å². The number of rotatable bonds is 1. The van der Waals surface area contributed by atoms with Crippen molar-refractivity contribution in [3.05, 3.63) is 29.3 Å². The van der Waals surface area contributed by atoms with Gasteiger partial charge in [0.15, 0.2) is 0 Å². The zero-order valence-corrected chi connectivity index (χ0v) is 11.6. The van der Waals surface area contributed by atoms with Crippen LogP contribution in [0.15, 0.2) is 18.2 Å². The van der Waals surface area contributed by atoms with Crippen molar-refractivity contribution in [2.24, 2.45) is 0 Å². The molecule has 2 amide bonds. The van der Waals surface area contributed by atoms with Crippen LogP contribution in [0.1, 0.15) is 22.8 Å². The van der Waals surface area contributed by atoms with Crippen LogP contribution >= 0.6 is 11.8 Å². The van der Waals surface area contributed by atoms with Gasteiger partial charge in [0.1, 0.15) is 0 Å². The van der Waals surface area contributed by atoms with Gasteiger partial charge in [-0.15, -0.1) is 0 Å². The Bertz CT molecular complexity index is 544. The molecule has 2 heterocycles. The van der Waals surface area contributed by atoms with Crippen molar-refractivity contribution in [3.8, 4) is 0 Å². The summed E-state index contributed by atoms with van der Waals surface area (Å²) in [5.41, 5.74) is 2.43. The van der Waals surface area contributed by atoms with E-state index in [0.717, 1.165) is 30.1 Å². The lowest BCUT2D eigenvalue weighted by molar-refractivity contribution is -0.115. The van der Waals surface area contributed by atoms with Crippen LogP contribution in [0.3, 0.4) is 0 Å². The van der Waals surface area contributed by atoms with Crippen LogP contribution in [0.2, 0.25) is 0 Å². The summed E-state index contributed by atoms with van der Waals surface area (Å²) >= 11 is 1.90. The molecule has 1 N–H and O–H groups in total. The molecule has 0 aliphatic carbocycles. The zero-order chi connectivity index (χ0) is 13.4. The minimum atomic E-state index is 0.00240. The molecule has 19 heavy (non-hydrogen) atoms. The number of fused-ring (bicyclic) bond motifs is 1. The fraction of sp³-hybridized carbons (Fsp3) is 0.429. The third-order valence-electron chi connectivity index (χ3n) is 3.51. The summed E-state index contributed by atoms with van der Waals surface area (Å²) in [5, 5.41) is 3.28. The molecule has 1 saturated heterocycles. The molecule has 3 rings (SSSR count). The number of nitrogens with one attached hydrogen (secondary N) is 1. The molecule has 1 aromatic rings. The Balaban J connectivity index is 1.81. The van der Waals surface area contributed by atoms with E-state index in [2.05, 4.69) is 12.2 Å². The highest BCUT2D eigenvalue weighted by Gasteiger charge is 2.24. The Labute approximate surface area is 116 Å². The van der Waals surface area contributed by atoms with Crippen molar-refractivity contribution >= 4 is 29.3 Å². The maximum Gasteiger partial charge on any atom is 0.253 e. The predicted octanol–water partition coefficient (Wildman–Crippen LogP) is 1.76. The SMILES string of the molecule is CC1CN(C(=O)c2ccc3c(c2)NC(=O)C3)CCS1. The second-order valence-electron chi connectivity index (χ2n) is 5.03. The summed E-state index contributed by atoms with van der Waals surface area (Å²) < 4.78 is 0. The molecule has 1 aromatic carbocycles. The Morgan fingerprint density at radius 2 is 2.32 bits per heavy atom. The van der Waals surface area contributed by atoms with Crippen molar-refractivity contribution in [2.75, 3.05) is 24.2 Å². The monoisotopic (exact) mass is 276 g/mol. The number of amides is 2. The topological polar surface area (TPSA) is 49.4 Å². The van der Waals surface area contributed by atoms with E-state index in [1.54, 1.807) is 6.07 Å². The van der Waals surface area contributed by atoms with Gasteiger partial charge in [0.25, 0.3) is 5.91 Å². The minimum absolute atomic E-state index is 0.00240. The zero-order valence-electron chi connectivity index (χ0n) is 10.8. The van der Waals surface area contributed by atoms with Crippen molar-refractivity contribution in [1.82, 2.24) is 4.90 Å². The van der Waals surface area contributed by atoms with Gasteiger partial charge in [0, 0.05) is 35.3 Å². The smallest absolute Gasteiger partial charge is 0.253 e. The van der Waals surface area contributed by atoms with E-state index in [4.69, 9.17) is 0 Å². The second kappa shape index (κ2) is 4.89. The first-order valence-electron chi connectivity index (χ1n) is 6.47. The van der Waals surface area contributed by atoms with Gasteiger partial charge < -0.3 is 10.2 Å². The third kappa shape index (κ3) is 2.47. The van der Waals surface area contributed by atoms with Gasteiger partial charge in [-0.05, 0) is 17.7 Å². The maximum absolute atomic E-state index is 12.4. The fourth-order valence-electron chi connectivity index (χ4n) is 2.53. The number of benzene rings is 1. The van der Waals surface area contributed by atoms with Crippen LogP contribution in [-0.2, 0) is 11.2 Å². The van der Waals surface area contributed by atoms with Crippen molar-refractivity contribution in [3.63, 3.8) is 0 Å². The average Bonchev–Trinajstić information content (AvgIpc) is 2.76. The lowest BCUT2D eigenvalue weighted by atomic mass is 10.1. The third-order valence-corrected chi connectivity index (χ3v) is 4.65. The van der Waals surface area contributed by atoms with Gasteiger partial charge in [0.2, 0.25) is 5.91 Å². The van der Waals surface area contributed by atoms with Crippen molar-refractivity contribution in [2.45, 2.75) is 18.6 Å². The normalized spacial score (nSPS) is 22.1. The number of hydrogen-bond acceptors (Lipinski definition) is 3. The lowest BCUT2D eigenvalue weighted by Crippen LogP contribution is -2.41. The summed E-state index contributed by atoms with van der Waals surface area (Å²) in [6.07, 6.45) is 0.418. The van der Waals surface area contributed by atoms with E-state index in [0.29, 0.717) is 17.2 Å². The standard InChI is InChI=1S/C14H16N2O2S/c1-9-8-16(4-5-19-9)14(18)11-3-2-10-7-13(17)15-12(10)6-11/h2-3,6,9H,4-5,7-8H2,1H3,(H,15,17). The van der Waals surface area contributed by atoms with Crippen LogP contribution in [0.5, 0.6) is 0 Å². The molecule has 5 heteroatoms. The molecule has 0 bridgehead atoms. The Morgan fingerprint density at radius 1 is 1.47 bits per heavy atom. The summed E-state index contributed by atoms with van der Waals surface area (Å²) in [7, 11) is 0. The Morgan fingerprint density at radius 3 is 3.11 bits per heavy atom. The lowest BCUT2D eigenvalue weighted by Gasteiger charge is -2.30. The largest absolute Gasteiger partial charge is 0.337 e. The number of thioether (sulfide) groups is 1. The average molecular weight is 276 g/mol. The first-order valence-corrected chi connectivity index (χ1v) is 7.52. The molecule has 0 spiro atoms. The number of hydrogen-bond donors (Lipinski definition) is 1. The van der Waals surface area contributed by atoms with E-state index in [1.807, 2.05) is 28.8 Å². The van der Waals surface area contributed by atoms with Crippen LogP contribution < -0.4 is 5.32 Å². The Kier molecular flexibility index (Phi) is 3.22. The van der Waals surface area contributed by atoms with Gasteiger partial charge in [-0.3, -0.25) is 9.59 Å². The summed E-state index contributed by atoms with van der Waals surface area (Å²) in [6, 6.07) is 5.51. The molecule has 1 fully saturated rings. The number of carbonyl (C=O) groups excluding carboxylic acids is 2. The van der Waals surface area contributed by atoms with E-state index in [9.17, 15) is 9.59 Å². The first kappa shape index (κ1) is 12.5. The van der Waals surface area contributed by atoms with Gasteiger partial charge in [-0.2, -0.15) is 11.8 Å². The van der Waals surface area contributed by atoms with Crippen LogP contribution in [-0.4, -0.2) is 40.8 Å². The van der Waals surface area contributed by atoms with E-state index >= 15 is 0 Å². The maximum atomic E-state index is 12.4. The molecule has 1 unspecified atom stereocenters. The van der Waals surface area contributed by atoms with Crippen LogP contribution in [0.4, 0.5) is 5.69 Å². The highest BCUT2D eigenvalue weighted by atomic mass is 32.2.